The number of nitrogens with one attached hydrogen (secondary N) is 3. The molecule has 168 valence electrons. The van der Waals surface area contributed by atoms with Crippen LogP contribution in [-0.2, 0) is 0 Å². The first-order valence-corrected chi connectivity index (χ1v) is 11.3. The minimum Gasteiger partial charge on any atom is -0.349 e. The van der Waals surface area contributed by atoms with E-state index in [1.807, 2.05) is 23.1 Å². The van der Waals surface area contributed by atoms with Crippen molar-refractivity contribution in [3.8, 4) is 0 Å². The van der Waals surface area contributed by atoms with Gasteiger partial charge in [0.05, 0.1) is 22.8 Å². The molecule has 1 aliphatic heterocycles. The molecule has 1 aliphatic carbocycles. The first-order chi connectivity index (χ1) is 16.1. The molecule has 0 bridgehead atoms. The van der Waals surface area contributed by atoms with Gasteiger partial charge in [0.2, 0.25) is 5.65 Å². The lowest BCUT2D eigenvalue weighted by Gasteiger charge is -2.43. The van der Waals surface area contributed by atoms with Crippen molar-refractivity contribution in [1.29, 1.82) is 0 Å². The molecule has 1 atom stereocenters. The lowest BCUT2D eigenvalue weighted by atomic mass is 9.74. The molecular weight excluding hydrogens is 420 g/mol. The highest BCUT2D eigenvalue weighted by atomic mass is 16.2. The number of pyridine rings is 1. The normalized spacial score (nSPS) is 20.0. The molecule has 0 radical (unpaired) electrons. The molecule has 1 aromatic carbocycles. The van der Waals surface area contributed by atoms with Gasteiger partial charge in [-0.05, 0) is 49.3 Å². The smallest absolute Gasteiger partial charge is 0.254 e. The van der Waals surface area contributed by atoms with Crippen molar-refractivity contribution in [3.63, 3.8) is 0 Å². The molecule has 2 aliphatic rings. The molecule has 6 rings (SSSR count). The van der Waals surface area contributed by atoms with Crippen molar-refractivity contribution in [1.82, 2.24) is 40.8 Å². The number of likely N-dealkylation sites (tertiary alicyclic amines) is 1. The molecule has 1 saturated carbocycles. The monoisotopic (exact) mass is 444 g/mol. The van der Waals surface area contributed by atoms with Crippen LogP contribution in [0.2, 0.25) is 0 Å². The highest BCUT2D eigenvalue weighted by Gasteiger charge is 2.46. The van der Waals surface area contributed by atoms with Crippen LogP contribution in [-0.4, -0.2) is 66.4 Å². The van der Waals surface area contributed by atoms with Crippen molar-refractivity contribution < 1.29 is 9.59 Å². The standard InChI is InChI=1S/C23H24N8O2/c32-21(14-11-18-20(24-12-14)29-30-28-18)26-19-5-2-6-23(19)7-9-31(10-8-23)22(33)15-3-1-4-17-16(15)13-25-27-17/h1,3-4,11-13,19H,2,5-10H2,(H,25,27)(H,26,32)(H,24,28,29,30). The fraction of sp³-hybridized carbons (Fsp3) is 0.391. The molecule has 10 nitrogen and oxygen atoms in total. The van der Waals surface area contributed by atoms with E-state index in [9.17, 15) is 9.59 Å². The van der Waals surface area contributed by atoms with E-state index in [0.717, 1.165) is 43.0 Å². The van der Waals surface area contributed by atoms with E-state index in [4.69, 9.17) is 0 Å². The van der Waals surface area contributed by atoms with Crippen LogP contribution in [0.5, 0.6) is 0 Å². The third-order valence-corrected chi connectivity index (χ3v) is 7.41. The number of fused-ring (bicyclic) bond motifs is 2. The Kier molecular flexibility index (Phi) is 4.60. The van der Waals surface area contributed by atoms with E-state index in [1.54, 1.807) is 18.5 Å². The maximum absolute atomic E-state index is 13.2. The molecule has 2 fully saturated rings. The zero-order valence-corrected chi connectivity index (χ0v) is 18.0. The Morgan fingerprint density at radius 1 is 1.12 bits per heavy atom. The molecule has 4 aromatic rings. The van der Waals surface area contributed by atoms with Crippen LogP contribution in [0.1, 0.15) is 52.8 Å². The van der Waals surface area contributed by atoms with Crippen LogP contribution >= 0.6 is 0 Å². The van der Waals surface area contributed by atoms with E-state index in [1.165, 1.54) is 0 Å². The summed E-state index contributed by atoms with van der Waals surface area (Å²) in [6, 6.07) is 7.47. The Labute approximate surface area is 189 Å². The number of nitrogens with zero attached hydrogens (tertiary/aromatic N) is 5. The van der Waals surface area contributed by atoms with Crippen molar-refractivity contribution in [2.75, 3.05) is 13.1 Å². The van der Waals surface area contributed by atoms with Crippen LogP contribution in [0.15, 0.2) is 36.7 Å². The van der Waals surface area contributed by atoms with Gasteiger partial charge >= 0.3 is 0 Å². The number of aromatic nitrogens is 6. The molecule has 2 amide bonds. The summed E-state index contributed by atoms with van der Waals surface area (Å²) in [6.45, 7) is 1.37. The number of aromatic amines is 2. The van der Waals surface area contributed by atoms with E-state index in [-0.39, 0.29) is 23.3 Å². The summed E-state index contributed by atoms with van der Waals surface area (Å²) in [6.07, 6.45) is 8.11. The molecule has 1 saturated heterocycles. The number of hydrogen-bond donors (Lipinski definition) is 3. The van der Waals surface area contributed by atoms with Gasteiger partial charge in [-0.3, -0.25) is 14.7 Å². The van der Waals surface area contributed by atoms with E-state index in [0.29, 0.717) is 35.4 Å². The van der Waals surface area contributed by atoms with E-state index in [2.05, 4.69) is 35.9 Å². The Morgan fingerprint density at radius 3 is 2.88 bits per heavy atom. The first-order valence-electron chi connectivity index (χ1n) is 11.3. The highest BCUT2D eigenvalue weighted by molar-refractivity contribution is 6.06. The second-order valence-corrected chi connectivity index (χ2v) is 9.10. The molecule has 33 heavy (non-hydrogen) atoms. The number of rotatable bonds is 3. The summed E-state index contributed by atoms with van der Waals surface area (Å²) in [4.78, 5) is 32.3. The molecule has 1 unspecified atom stereocenters. The van der Waals surface area contributed by atoms with Crippen molar-refractivity contribution in [2.45, 2.75) is 38.1 Å². The summed E-state index contributed by atoms with van der Waals surface area (Å²) in [5, 5.41) is 21.6. The molecular formula is C23H24N8O2. The van der Waals surface area contributed by atoms with Crippen LogP contribution < -0.4 is 5.32 Å². The maximum Gasteiger partial charge on any atom is 0.254 e. The summed E-state index contributed by atoms with van der Waals surface area (Å²) < 4.78 is 0. The SMILES string of the molecule is O=C(NC1CCCC12CCN(C(=O)c1cccc3[nH]ncc13)CC2)c1cnc2n[nH]nc2c1. The maximum atomic E-state index is 13.2. The Bertz CT molecular complexity index is 1350. The van der Waals surface area contributed by atoms with Crippen molar-refractivity contribution in [3.05, 3.63) is 47.8 Å². The van der Waals surface area contributed by atoms with Crippen LogP contribution in [0.3, 0.4) is 0 Å². The average molecular weight is 444 g/mol. The first kappa shape index (κ1) is 19.8. The van der Waals surface area contributed by atoms with Gasteiger partial charge in [-0.1, -0.05) is 12.5 Å². The van der Waals surface area contributed by atoms with Crippen molar-refractivity contribution in [2.24, 2.45) is 5.41 Å². The molecule has 3 aromatic heterocycles. The minimum absolute atomic E-state index is 0.0273. The van der Waals surface area contributed by atoms with Gasteiger partial charge in [-0.2, -0.15) is 15.4 Å². The van der Waals surface area contributed by atoms with E-state index >= 15 is 0 Å². The van der Waals surface area contributed by atoms with E-state index < -0.39 is 0 Å². The van der Waals surface area contributed by atoms with Gasteiger partial charge < -0.3 is 10.2 Å². The van der Waals surface area contributed by atoms with Gasteiger partial charge in [-0.25, -0.2) is 4.98 Å². The fourth-order valence-electron chi connectivity index (χ4n) is 5.55. The summed E-state index contributed by atoms with van der Waals surface area (Å²) in [5.74, 6) is -0.0914. The number of benzene rings is 1. The number of amides is 2. The Morgan fingerprint density at radius 2 is 2.00 bits per heavy atom. The third kappa shape index (κ3) is 3.33. The topological polar surface area (TPSA) is 133 Å². The van der Waals surface area contributed by atoms with Crippen LogP contribution in [0.25, 0.3) is 22.1 Å². The summed E-state index contributed by atoms with van der Waals surface area (Å²) >= 11 is 0. The van der Waals surface area contributed by atoms with Crippen LogP contribution in [0, 0.1) is 5.41 Å². The third-order valence-electron chi connectivity index (χ3n) is 7.41. The lowest BCUT2D eigenvalue weighted by molar-refractivity contribution is 0.0510. The van der Waals surface area contributed by atoms with Crippen molar-refractivity contribution >= 4 is 33.9 Å². The lowest BCUT2D eigenvalue weighted by Crippen LogP contribution is -2.51. The summed E-state index contributed by atoms with van der Waals surface area (Å²) in [5.41, 5.74) is 3.13. The number of hydrogen-bond acceptors (Lipinski definition) is 6. The van der Waals surface area contributed by atoms with Gasteiger partial charge in [0.25, 0.3) is 11.8 Å². The zero-order valence-electron chi connectivity index (χ0n) is 18.0. The molecule has 1 spiro atoms. The predicted octanol–water partition coefficient (Wildman–Crippen LogP) is 2.43. The number of carbonyl (C=O) groups is 2. The van der Waals surface area contributed by atoms with Gasteiger partial charge in [0.1, 0.15) is 5.52 Å². The largest absolute Gasteiger partial charge is 0.349 e. The number of carbonyl (C=O) groups excluding carboxylic acids is 2. The number of piperidine rings is 1. The number of H-pyrrole nitrogens is 2. The minimum atomic E-state index is -0.135. The fourth-order valence-corrected chi connectivity index (χ4v) is 5.55. The molecule has 4 heterocycles. The quantitative estimate of drug-likeness (QED) is 0.445. The Hall–Kier alpha value is -3.82. The Balaban J connectivity index is 1.15. The highest BCUT2D eigenvalue weighted by Crippen LogP contribution is 2.46. The second-order valence-electron chi connectivity index (χ2n) is 9.10. The van der Waals surface area contributed by atoms with Crippen LogP contribution in [0.4, 0.5) is 0 Å². The van der Waals surface area contributed by atoms with Gasteiger partial charge in [-0.15, -0.1) is 5.10 Å². The second kappa shape index (κ2) is 7.65. The van der Waals surface area contributed by atoms with Gasteiger partial charge in [0, 0.05) is 30.7 Å². The zero-order chi connectivity index (χ0) is 22.4. The average Bonchev–Trinajstić information content (AvgIpc) is 3.59. The predicted molar refractivity (Wildman–Crippen MR) is 120 cm³/mol. The molecule has 3 N–H and O–H groups in total. The van der Waals surface area contributed by atoms with Gasteiger partial charge in [0.15, 0.2) is 0 Å². The summed E-state index contributed by atoms with van der Waals surface area (Å²) in [7, 11) is 0. The molecule has 10 heteroatoms.